The minimum Gasteiger partial charge on any atom is -0.418 e. The van der Waals surface area contributed by atoms with E-state index in [-0.39, 0.29) is 21.6 Å². The van der Waals surface area contributed by atoms with Gasteiger partial charge in [-0.25, -0.2) is 8.42 Å². The molecule has 0 saturated carbocycles. The Kier molecular flexibility index (Phi) is 14.1. The number of benzene rings is 3. The van der Waals surface area contributed by atoms with Gasteiger partial charge in [-0.3, -0.25) is 0 Å². The van der Waals surface area contributed by atoms with Crippen LogP contribution < -0.4 is 0 Å². The van der Waals surface area contributed by atoms with E-state index in [9.17, 15) is 8.42 Å². The molecule has 2 aromatic heterocycles. The van der Waals surface area contributed by atoms with E-state index in [2.05, 4.69) is 83.6 Å². The number of H-pyrrole nitrogens is 2. The number of aryl methyl sites for hydroxylation is 1. The summed E-state index contributed by atoms with van der Waals surface area (Å²) in [5.41, 5.74) is 3.93. The van der Waals surface area contributed by atoms with E-state index in [1.165, 1.54) is 0 Å². The minimum absolute atomic E-state index is 0.0268. The topological polar surface area (TPSA) is 112 Å². The number of para-hydroxylation sites is 2. The molecule has 1 unspecified atom stereocenters. The summed E-state index contributed by atoms with van der Waals surface area (Å²) in [5, 5.41) is 2.23. The lowest BCUT2D eigenvalue weighted by Gasteiger charge is -2.45. The first-order valence-corrected chi connectivity index (χ1v) is 24.7. The van der Waals surface area contributed by atoms with Crippen molar-refractivity contribution in [1.29, 1.82) is 0 Å². The molecule has 3 aromatic carbocycles. The zero-order valence-corrected chi connectivity index (χ0v) is 39.0. The summed E-state index contributed by atoms with van der Waals surface area (Å²) >= 11 is 0. The van der Waals surface area contributed by atoms with Crippen LogP contribution in [0.5, 0.6) is 0 Å². The predicted octanol–water partition coefficient (Wildman–Crippen LogP) is 8.34. The number of sulfone groups is 1. The average molecular weight is 833 g/mol. The van der Waals surface area contributed by atoms with Crippen LogP contribution in [0, 0.1) is 18.8 Å². The molecule has 1 saturated heterocycles. The monoisotopic (exact) mass is 832 g/mol. The normalized spacial score (nSPS) is 20.7. The predicted molar refractivity (Wildman–Crippen MR) is 236 cm³/mol. The van der Waals surface area contributed by atoms with Crippen molar-refractivity contribution in [3.63, 3.8) is 0 Å². The third kappa shape index (κ3) is 10.4. The van der Waals surface area contributed by atoms with E-state index in [4.69, 9.17) is 23.1 Å². The van der Waals surface area contributed by atoms with Crippen molar-refractivity contribution >= 4 is 51.2 Å². The van der Waals surface area contributed by atoms with Crippen molar-refractivity contribution < 1.29 is 31.5 Å². The van der Waals surface area contributed by atoms with Crippen molar-refractivity contribution in [3.05, 3.63) is 102 Å². The highest BCUT2D eigenvalue weighted by molar-refractivity contribution is 7.92. The Balaban J connectivity index is 1.34. The molecule has 310 valence electrons. The number of hydrogen-bond acceptors (Lipinski definition) is 7. The molecule has 9 nitrogen and oxygen atoms in total. The summed E-state index contributed by atoms with van der Waals surface area (Å²) in [5.74, 6) is 0.821. The first kappa shape index (κ1) is 43.5. The van der Waals surface area contributed by atoms with Gasteiger partial charge in [-0.2, -0.15) is 0 Å². The molecule has 6 rings (SSSR count). The number of rotatable bonds is 19. The summed E-state index contributed by atoms with van der Waals surface area (Å²) in [4.78, 5) is 6.89. The fourth-order valence-corrected chi connectivity index (χ4v) is 11.2. The number of aromatic nitrogens is 2. The van der Waals surface area contributed by atoms with Crippen LogP contribution in [0.25, 0.3) is 21.8 Å². The Hall–Kier alpha value is -3.08. The molecular formula is C45H64N2O7SSi2. The molecule has 1 aliphatic heterocycles. The molecule has 0 radical (unpaired) electrons. The molecule has 2 N–H and O–H groups in total. The van der Waals surface area contributed by atoms with Crippen molar-refractivity contribution in [1.82, 2.24) is 9.97 Å². The van der Waals surface area contributed by atoms with Crippen LogP contribution in [-0.2, 0) is 45.7 Å². The lowest BCUT2D eigenvalue weighted by molar-refractivity contribution is -0.268. The van der Waals surface area contributed by atoms with E-state index >= 15 is 0 Å². The zero-order valence-electron chi connectivity index (χ0n) is 35.3. The Morgan fingerprint density at radius 1 is 0.737 bits per heavy atom. The smallest absolute Gasteiger partial charge is 0.207 e. The second-order valence-electron chi connectivity index (χ2n) is 17.9. The molecule has 3 heterocycles. The Morgan fingerprint density at radius 2 is 1.25 bits per heavy atom. The van der Waals surface area contributed by atoms with E-state index < -0.39 is 59.4 Å². The van der Waals surface area contributed by atoms with Crippen LogP contribution in [0.2, 0.25) is 10.1 Å². The number of fused-ring (bicyclic) bond motifs is 2. The van der Waals surface area contributed by atoms with Crippen molar-refractivity contribution in [2.24, 2.45) is 11.8 Å². The summed E-state index contributed by atoms with van der Waals surface area (Å²) in [7, 11) is -6.35. The molecule has 0 spiro atoms. The van der Waals surface area contributed by atoms with Gasteiger partial charge in [0.2, 0.25) is 9.84 Å². The Bertz CT molecular complexity index is 2160. The van der Waals surface area contributed by atoms with Crippen LogP contribution in [-0.4, -0.2) is 81.2 Å². The second kappa shape index (κ2) is 18.5. The summed E-state index contributed by atoms with van der Waals surface area (Å²) in [6.07, 6.45) is 2.82. The van der Waals surface area contributed by atoms with Crippen molar-refractivity contribution in [2.75, 3.05) is 13.2 Å². The number of hydrogen-bond donors (Lipinski definition) is 2. The lowest BCUT2D eigenvalue weighted by Crippen LogP contribution is -2.58. The van der Waals surface area contributed by atoms with Gasteiger partial charge in [0.1, 0.15) is 6.10 Å². The fourth-order valence-electron chi connectivity index (χ4n) is 6.95. The van der Waals surface area contributed by atoms with E-state index in [1.807, 2.05) is 61.8 Å². The highest BCUT2D eigenvalue weighted by atomic mass is 32.2. The largest absolute Gasteiger partial charge is 0.418 e. The molecular weight excluding hydrogens is 769 g/mol. The molecule has 0 amide bonds. The van der Waals surface area contributed by atoms with Gasteiger partial charge in [0.25, 0.3) is 0 Å². The number of nitrogens with one attached hydrogen (secondary N) is 2. The Labute approximate surface area is 344 Å². The molecule has 0 bridgehead atoms. The first-order chi connectivity index (χ1) is 27.1. The Morgan fingerprint density at radius 3 is 1.79 bits per heavy atom. The number of ether oxygens (including phenoxy) is 3. The second-order valence-corrected chi connectivity index (χ2v) is 24.8. The minimum atomic E-state index is -4.08. The molecule has 12 heteroatoms. The van der Waals surface area contributed by atoms with Crippen molar-refractivity contribution in [2.45, 2.75) is 127 Å². The quantitative estimate of drug-likeness (QED) is 0.0806. The van der Waals surface area contributed by atoms with Crippen LogP contribution in [0.15, 0.2) is 90.1 Å². The maximum absolute atomic E-state index is 14.9. The van der Waals surface area contributed by atoms with Crippen LogP contribution >= 0.6 is 0 Å². The molecule has 5 atom stereocenters. The summed E-state index contributed by atoms with van der Waals surface area (Å²) in [6, 6.07) is 23.3. The van der Waals surface area contributed by atoms with Gasteiger partial charge in [-0.1, -0.05) is 109 Å². The van der Waals surface area contributed by atoms with Crippen LogP contribution in [0.4, 0.5) is 0 Å². The highest BCUT2D eigenvalue weighted by Gasteiger charge is 2.49. The van der Waals surface area contributed by atoms with E-state index in [1.54, 1.807) is 12.1 Å². The molecule has 1 fully saturated rings. The maximum Gasteiger partial charge on any atom is 0.207 e. The van der Waals surface area contributed by atoms with Crippen molar-refractivity contribution in [3.8, 4) is 0 Å². The van der Waals surface area contributed by atoms with Gasteiger partial charge in [-0.15, -0.1) is 0 Å². The van der Waals surface area contributed by atoms with E-state index in [0.717, 1.165) is 38.5 Å². The van der Waals surface area contributed by atoms with Gasteiger partial charge in [-0.05, 0) is 77.1 Å². The molecule has 5 aromatic rings. The third-order valence-electron chi connectivity index (χ3n) is 12.5. The summed E-state index contributed by atoms with van der Waals surface area (Å²) < 4.78 is 63.9. The SMILES string of the molecule is Cc1ccc(S(=O)(=O)C(OCCc2c[nH]c3ccccc23)[C@H]2O[C@H](OCCc3c[nH]c4ccccc34)[C@H](O[SiH2]C(C)(C)C(C)C)C[C@@H]2O[SiH2]C(C)(C)C(C)C)cc1. The zero-order chi connectivity index (χ0) is 41.0. The molecule has 1 aliphatic rings. The lowest BCUT2D eigenvalue weighted by atomic mass is 9.99. The average Bonchev–Trinajstić information content (AvgIpc) is 3.79. The van der Waals surface area contributed by atoms with Crippen LogP contribution in [0.3, 0.4) is 0 Å². The van der Waals surface area contributed by atoms with Gasteiger partial charge >= 0.3 is 0 Å². The van der Waals surface area contributed by atoms with Crippen LogP contribution in [0.1, 0.15) is 78.5 Å². The highest BCUT2D eigenvalue weighted by Crippen LogP contribution is 2.39. The van der Waals surface area contributed by atoms with Gasteiger partial charge < -0.3 is 33.0 Å². The van der Waals surface area contributed by atoms with E-state index in [0.29, 0.717) is 37.7 Å². The standard InChI is InChI=1S/C45H64N2O7SSi2/c1-29(2)44(6,7)56-53-39-26-40(54-57-45(8,9)30(3)4)42(50-24-22-32-27-46-37-16-12-10-14-35(32)37)52-41(39)43(55(48,49)34-20-18-31(5)19-21-34)51-25-23-33-28-47-38-17-13-11-15-36(33)38/h10-21,27-30,39-43,46-47H,22-26,56-57H2,1-9H3/t39-,40+,41-,42-,43?/m0/s1. The van der Waals surface area contributed by atoms with Gasteiger partial charge in [0.05, 0.1) is 30.3 Å². The number of aromatic amines is 2. The molecule has 57 heavy (non-hydrogen) atoms. The van der Waals surface area contributed by atoms with Gasteiger partial charge in [0, 0.05) is 40.6 Å². The first-order valence-electron chi connectivity index (χ1n) is 20.6. The molecule has 0 aliphatic carbocycles. The third-order valence-corrected chi connectivity index (χ3v) is 18.7. The maximum atomic E-state index is 14.9. The van der Waals surface area contributed by atoms with Gasteiger partial charge in [0.15, 0.2) is 31.3 Å². The summed E-state index contributed by atoms with van der Waals surface area (Å²) in [6.45, 7) is 20.4. The fraction of sp³-hybridized carbons (Fsp3) is 0.511.